The van der Waals surface area contributed by atoms with E-state index in [2.05, 4.69) is 6.58 Å². The van der Waals surface area contributed by atoms with Crippen molar-refractivity contribution in [2.24, 2.45) is 0 Å². The van der Waals surface area contributed by atoms with E-state index in [-0.39, 0.29) is 6.61 Å². The highest BCUT2D eigenvalue weighted by atomic mass is 16.6. The molecule has 1 N–H and O–H groups in total. The van der Waals surface area contributed by atoms with E-state index in [1.54, 1.807) is 6.08 Å². The molecule has 20 heavy (non-hydrogen) atoms. The topological polar surface area (TPSA) is 66.8 Å². The highest BCUT2D eigenvalue weighted by Crippen LogP contribution is 2.09. The first-order chi connectivity index (χ1) is 9.56. The van der Waals surface area contributed by atoms with Crippen LogP contribution >= 0.6 is 0 Å². The Morgan fingerprint density at radius 2 is 2.05 bits per heavy atom. The number of amides is 1. The quantitative estimate of drug-likeness (QED) is 0.778. The summed E-state index contributed by atoms with van der Waals surface area (Å²) < 4.78 is 5.10. The molecule has 0 bridgehead atoms. The highest BCUT2D eigenvalue weighted by Gasteiger charge is 2.26. The van der Waals surface area contributed by atoms with Gasteiger partial charge < -0.3 is 9.84 Å². The van der Waals surface area contributed by atoms with Crippen LogP contribution in [0.4, 0.5) is 4.79 Å². The Bertz CT molecular complexity index is 458. The zero-order valence-electron chi connectivity index (χ0n) is 11.5. The van der Waals surface area contributed by atoms with E-state index >= 15 is 0 Å². The van der Waals surface area contributed by atoms with Gasteiger partial charge in [-0.2, -0.15) is 0 Å². The van der Waals surface area contributed by atoms with Gasteiger partial charge in [-0.3, -0.25) is 4.90 Å². The van der Waals surface area contributed by atoms with E-state index in [1.807, 2.05) is 30.3 Å². The van der Waals surface area contributed by atoms with Crippen LogP contribution in [0.15, 0.2) is 43.0 Å². The minimum absolute atomic E-state index is 0.123. The third-order valence-electron chi connectivity index (χ3n) is 2.89. The first-order valence-electron chi connectivity index (χ1n) is 6.33. The van der Waals surface area contributed by atoms with Crippen LogP contribution in [0.5, 0.6) is 0 Å². The molecule has 5 heteroatoms. The number of carbonyl (C=O) groups is 2. The van der Waals surface area contributed by atoms with Crippen molar-refractivity contribution in [2.45, 2.75) is 25.5 Å². The molecule has 0 radical (unpaired) electrons. The van der Waals surface area contributed by atoms with Gasteiger partial charge >= 0.3 is 12.1 Å². The Labute approximate surface area is 118 Å². The second-order valence-corrected chi connectivity index (χ2v) is 4.37. The van der Waals surface area contributed by atoms with Gasteiger partial charge in [0.25, 0.3) is 0 Å². The van der Waals surface area contributed by atoms with Gasteiger partial charge in [0.05, 0.1) is 0 Å². The van der Waals surface area contributed by atoms with Crippen molar-refractivity contribution >= 4 is 12.1 Å². The lowest BCUT2D eigenvalue weighted by atomic mass is 10.1. The summed E-state index contributed by atoms with van der Waals surface area (Å²) in [4.78, 5) is 24.1. The number of benzene rings is 1. The molecule has 1 aromatic rings. The van der Waals surface area contributed by atoms with Crippen LogP contribution in [0.2, 0.25) is 0 Å². The van der Waals surface area contributed by atoms with Crippen molar-refractivity contribution in [3.05, 3.63) is 48.6 Å². The second kappa shape index (κ2) is 7.99. The number of hydrogen-bond donors (Lipinski definition) is 1. The minimum Gasteiger partial charge on any atom is -0.480 e. The maximum absolute atomic E-state index is 11.8. The normalized spacial score (nSPS) is 11.4. The fraction of sp³-hybridized carbons (Fsp3) is 0.333. The summed E-state index contributed by atoms with van der Waals surface area (Å²) in [6, 6.07) is 8.32. The zero-order valence-corrected chi connectivity index (χ0v) is 11.5. The standard InChI is InChI=1S/C15H19NO4/c1-3-4-10-13(14(17)18)16(2)15(19)20-11-12-8-6-5-7-9-12/h3,5-9,13H,1,4,10-11H2,2H3,(H,17,18). The minimum atomic E-state index is -1.05. The van der Waals surface area contributed by atoms with Crippen molar-refractivity contribution in [3.63, 3.8) is 0 Å². The number of likely N-dealkylation sites (N-methyl/N-ethyl adjacent to an activating group) is 1. The Kier molecular flexibility index (Phi) is 6.29. The highest BCUT2D eigenvalue weighted by molar-refractivity contribution is 5.79. The molecule has 0 aliphatic rings. The number of ether oxygens (including phenoxy) is 1. The van der Waals surface area contributed by atoms with Crippen LogP contribution in [-0.2, 0) is 16.1 Å². The molecule has 0 spiro atoms. The lowest BCUT2D eigenvalue weighted by Crippen LogP contribution is -2.42. The number of rotatable bonds is 7. The molecule has 0 aromatic heterocycles. The maximum atomic E-state index is 11.8. The summed E-state index contributed by atoms with van der Waals surface area (Å²) in [6.07, 6.45) is 1.81. The first kappa shape index (κ1) is 15.8. The van der Waals surface area contributed by atoms with Crippen LogP contribution in [-0.4, -0.2) is 35.2 Å². The number of aliphatic carboxylic acids is 1. The van der Waals surface area contributed by atoms with E-state index in [4.69, 9.17) is 9.84 Å². The summed E-state index contributed by atoms with van der Waals surface area (Å²) >= 11 is 0. The predicted octanol–water partition coefficient (Wildman–Crippen LogP) is 2.67. The Morgan fingerprint density at radius 3 is 2.60 bits per heavy atom. The van der Waals surface area contributed by atoms with Gasteiger partial charge in [0.15, 0.2) is 0 Å². The van der Waals surface area contributed by atoms with Crippen molar-refractivity contribution in [2.75, 3.05) is 7.05 Å². The SMILES string of the molecule is C=CCCC(C(=O)O)N(C)C(=O)OCc1ccccc1. The summed E-state index contributed by atoms with van der Waals surface area (Å²) in [5.74, 6) is -1.05. The van der Waals surface area contributed by atoms with E-state index in [0.717, 1.165) is 10.5 Å². The molecular formula is C15H19NO4. The largest absolute Gasteiger partial charge is 0.480 e. The lowest BCUT2D eigenvalue weighted by Gasteiger charge is -2.23. The number of nitrogens with zero attached hydrogens (tertiary/aromatic N) is 1. The van der Waals surface area contributed by atoms with Crippen LogP contribution in [0, 0.1) is 0 Å². The Balaban J connectivity index is 2.55. The number of carboxylic acid groups (broad SMARTS) is 1. The molecule has 0 saturated heterocycles. The van der Waals surface area contributed by atoms with Gasteiger partial charge in [-0.1, -0.05) is 36.4 Å². The van der Waals surface area contributed by atoms with E-state index in [1.165, 1.54) is 7.05 Å². The Morgan fingerprint density at radius 1 is 1.40 bits per heavy atom. The summed E-state index contributed by atoms with van der Waals surface area (Å²) in [5.41, 5.74) is 0.854. The molecular weight excluding hydrogens is 258 g/mol. The number of allylic oxidation sites excluding steroid dienone is 1. The maximum Gasteiger partial charge on any atom is 0.410 e. The molecule has 0 saturated carbocycles. The monoisotopic (exact) mass is 277 g/mol. The van der Waals surface area contributed by atoms with Gasteiger partial charge in [0.2, 0.25) is 0 Å². The van der Waals surface area contributed by atoms with Gasteiger partial charge in [-0.05, 0) is 18.4 Å². The second-order valence-electron chi connectivity index (χ2n) is 4.37. The Hall–Kier alpha value is -2.30. The number of carboxylic acids is 1. The van der Waals surface area contributed by atoms with E-state index < -0.39 is 18.1 Å². The van der Waals surface area contributed by atoms with Crippen molar-refractivity contribution in [1.82, 2.24) is 4.90 Å². The number of carbonyl (C=O) groups excluding carboxylic acids is 1. The van der Waals surface area contributed by atoms with Crippen molar-refractivity contribution in [3.8, 4) is 0 Å². The fourth-order valence-electron chi connectivity index (χ4n) is 1.71. The van der Waals surface area contributed by atoms with E-state index in [9.17, 15) is 9.59 Å². The average molecular weight is 277 g/mol. The van der Waals surface area contributed by atoms with Crippen LogP contribution in [0.3, 0.4) is 0 Å². The molecule has 0 fully saturated rings. The van der Waals surface area contributed by atoms with Gasteiger partial charge in [-0.25, -0.2) is 9.59 Å². The third-order valence-corrected chi connectivity index (χ3v) is 2.89. The van der Waals surface area contributed by atoms with Gasteiger partial charge in [-0.15, -0.1) is 6.58 Å². The molecule has 0 aliphatic heterocycles. The molecule has 0 heterocycles. The molecule has 1 amide bonds. The smallest absolute Gasteiger partial charge is 0.410 e. The molecule has 1 aromatic carbocycles. The lowest BCUT2D eigenvalue weighted by molar-refractivity contribution is -0.142. The van der Waals surface area contributed by atoms with Crippen molar-refractivity contribution in [1.29, 1.82) is 0 Å². The fourth-order valence-corrected chi connectivity index (χ4v) is 1.71. The third kappa shape index (κ3) is 4.76. The van der Waals surface area contributed by atoms with E-state index in [0.29, 0.717) is 12.8 Å². The summed E-state index contributed by atoms with van der Waals surface area (Å²) in [5, 5.41) is 9.12. The van der Waals surface area contributed by atoms with Crippen LogP contribution < -0.4 is 0 Å². The molecule has 1 atom stereocenters. The average Bonchev–Trinajstić information content (AvgIpc) is 2.45. The zero-order chi connectivity index (χ0) is 15.0. The van der Waals surface area contributed by atoms with Gasteiger partial charge in [0.1, 0.15) is 12.6 Å². The molecule has 0 aliphatic carbocycles. The summed E-state index contributed by atoms with van der Waals surface area (Å²) in [6.45, 7) is 3.67. The molecule has 5 nitrogen and oxygen atoms in total. The molecule has 1 rings (SSSR count). The molecule has 1 unspecified atom stereocenters. The van der Waals surface area contributed by atoms with Crippen LogP contribution in [0.25, 0.3) is 0 Å². The first-order valence-corrected chi connectivity index (χ1v) is 6.33. The van der Waals surface area contributed by atoms with Gasteiger partial charge in [0, 0.05) is 7.05 Å². The van der Waals surface area contributed by atoms with Crippen LogP contribution in [0.1, 0.15) is 18.4 Å². The predicted molar refractivity (Wildman–Crippen MR) is 75.2 cm³/mol. The molecule has 108 valence electrons. The number of hydrogen-bond acceptors (Lipinski definition) is 3. The van der Waals surface area contributed by atoms with Crippen molar-refractivity contribution < 1.29 is 19.4 Å². The summed E-state index contributed by atoms with van der Waals surface area (Å²) in [7, 11) is 1.43.